The summed E-state index contributed by atoms with van der Waals surface area (Å²) in [5.41, 5.74) is 4.57. The Hall–Kier alpha value is -1.77. The number of rotatable bonds is 6. The molecule has 2 rings (SSSR count). The molecular formula is C18H25BF2N2O3. The normalized spacial score (nSPS) is 19.5. The Labute approximate surface area is 153 Å². The molecule has 26 heavy (non-hydrogen) atoms. The summed E-state index contributed by atoms with van der Waals surface area (Å²) in [6, 6.07) is 2.89. The molecule has 1 aliphatic heterocycles. The van der Waals surface area contributed by atoms with Crippen LogP contribution in [-0.2, 0) is 14.0 Å². The molecule has 0 aromatic heterocycles. The van der Waals surface area contributed by atoms with Gasteiger partial charge in [-0.05, 0) is 27.7 Å². The quantitative estimate of drug-likeness (QED) is 0.477. The molecule has 0 bridgehead atoms. The molecule has 8 heteroatoms. The zero-order valence-electron chi connectivity index (χ0n) is 15.8. The second-order valence-electron chi connectivity index (χ2n) is 7.07. The smallest absolute Gasteiger partial charge is 0.404 e. The average Bonchev–Trinajstić information content (AvgIpc) is 2.78. The summed E-state index contributed by atoms with van der Waals surface area (Å²) >= 11 is 0. The largest absolute Gasteiger partial charge is 0.497 e. The van der Waals surface area contributed by atoms with Gasteiger partial charge in [-0.1, -0.05) is 12.1 Å². The molecule has 0 atom stereocenters. The molecule has 0 unspecified atom stereocenters. The highest BCUT2D eigenvalue weighted by Gasteiger charge is 2.52. The number of hydrogen-bond donors (Lipinski definition) is 1. The van der Waals surface area contributed by atoms with Gasteiger partial charge in [0.25, 0.3) is 0 Å². The van der Waals surface area contributed by atoms with E-state index in [1.807, 2.05) is 27.7 Å². The van der Waals surface area contributed by atoms with Crippen LogP contribution in [0.1, 0.15) is 33.3 Å². The standard InChI is InChI=1S/C18H25BF2N2O3/c1-17(2)18(3,4)26-19(25-17)14-7-6-13(15(20)16(14)21)12(10-22)11-23-8-9-24-5/h6-7,10-11H,8-9,22H2,1-5H3/b12-10+,23-11?. The van der Waals surface area contributed by atoms with Crippen LogP contribution in [0, 0.1) is 11.6 Å². The maximum absolute atomic E-state index is 14.7. The van der Waals surface area contributed by atoms with Crippen LogP contribution in [-0.4, -0.2) is 44.8 Å². The molecule has 1 aromatic carbocycles. The lowest BCUT2D eigenvalue weighted by atomic mass is 9.78. The Morgan fingerprint density at radius 2 is 1.81 bits per heavy atom. The van der Waals surface area contributed by atoms with Crippen molar-refractivity contribution in [2.75, 3.05) is 20.3 Å². The van der Waals surface area contributed by atoms with E-state index in [4.69, 9.17) is 19.8 Å². The number of aliphatic imine (C=N–C) groups is 1. The van der Waals surface area contributed by atoms with Crippen LogP contribution in [0.2, 0.25) is 0 Å². The van der Waals surface area contributed by atoms with E-state index in [0.717, 1.165) is 0 Å². The van der Waals surface area contributed by atoms with Crippen molar-refractivity contribution in [1.82, 2.24) is 0 Å². The van der Waals surface area contributed by atoms with E-state index < -0.39 is 30.0 Å². The predicted octanol–water partition coefficient (Wildman–Crippen LogP) is 2.28. The van der Waals surface area contributed by atoms with Crippen molar-refractivity contribution in [1.29, 1.82) is 0 Å². The van der Waals surface area contributed by atoms with Gasteiger partial charge in [-0.15, -0.1) is 0 Å². The van der Waals surface area contributed by atoms with Crippen molar-refractivity contribution >= 4 is 24.4 Å². The van der Waals surface area contributed by atoms with E-state index in [1.54, 1.807) is 7.11 Å². The Morgan fingerprint density at radius 3 is 2.35 bits per heavy atom. The highest BCUT2D eigenvalue weighted by Crippen LogP contribution is 2.36. The van der Waals surface area contributed by atoms with Gasteiger partial charge in [-0.25, -0.2) is 8.78 Å². The molecule has 0 radical (unpaired) electrons. The predicted molar refractivity (Wildman–Crippen MR) is 99.5 cm³/mol. The molecule has 1 aliphatic rings. The Bertz CT molecular complexity index is 705. The third-order valence-electron chi connectivity index (χ3n) is 4.76. The number of halogens is 2. The van der Waals surface area contributed by atoms with Crippen molar-refractivity contribution in [2.45, 2.75) is 38.9 Å². The van der Waals surface area contributed by atoms with Crippen LogP contribution < -0.4 is 11.2 Å². The van der Waals surface area contributed by atoms with Gasteiger partial charge in [0.15, 0.2) is 11.6 Å². The number of nitrogens with zero attached hydrogens (tertiary/aromatic N) is 1. The zero-order chi connectivity index (χ0) is 19.5. The lowest BCUT2D eigenvalue weighted by Crippen LogP contribution is -2.41. The lowest BCUT2D eigenvalue weighted by molar-refractivity contribution is 0.00578. The number of benzene rings is 1. The highest BCUT2D eigenvalue weighted by atomic mass is 19.2. The Balaban J connectivity index is 2.30. The number of nitrogens with two attached hydrogens (primary N) is 1. The summed E-state index contributed by atoms with van der Waals surface area (Å²) in [4.78, 5) is 4.08. The topological polar surface area (TPSA) is 66.1 Å². The molecule has 142 valence electrons. The van der Waals surface area contributed by atoms with Crippen LogP contribution in [0.4, 0.5) is 8.78 Å². The van der Waals surface area contributed by atoms with E-state index in [0.29, 0.717) is 13.2 Å². The molecule has 0 aliphatic carbocycles. The fourth-order valence-electron chi connectivity index (χ4n) is 2.45. The lowest BCUT2D eigenvalue weighted by Gasteiger charge is -2.32. The second-order valence-corrected chi connectivity index (χ2v) is 7.07. The fourth-order valence-corrected chi connectivity index (χ4v) is 2.45. The monoisotopic (exact) mass is 366 g/mol. The molecule has 1 fully saturated rings. The van der Waals surface area contributed by atoms with Crippen LogP contribution in [0.25, 0.3) is 5.57 Å². The van der Waals surface area contributed by atoms with Gasteiger partial charge >= 0.3 is 7.12 Å². The first kappa shape index (κ1) is 20.5. The minimum absolute atomic E-state index is 0.0117. The molecule has 2 N–H and O–H groups in total. The average molecular weight is 366 g/mol. The zero-order valence-corrected chi connectivity index (χ0v) is 15.8. The maximum atomic E-state index is 14.7. The van der Waals surface area contributed by atoms with Gasteiger partial charge in [0.1, 0.15) is 0 Å². The van der Waals surface area contributed by atoms with E-state index in [1.165, 1.54) is 24.5 Å². The Morgan fingerprint density at radius 1 is 1.19 bits per heavy atom. The molecular weight excluding hydrogens is 341 g/mol. The molecule has 1 aromatic rings. The van der Waals surface area contributed by atoms with Crippen LogP contribution >= 0.6 is 0 Å². The number of ether oxygens (including phenoxy) is 1. The van der Waals surface area contributed by atoms with Crippen LogP contribution in [0.5, 0.6) is 0 Å². The third-order valence-corrected chi connectivity index (χ3v) is 4.76. The first-order valence-electron chi connectivity index (χ1n) is 8.39. The fraction of sp³-hybridized carbons (Fsp3) is 0.500. The van der Waals surface area contributed by atoms with Crippen molar-refractivity contribution in [3.8, 4) is 0 Å². The summed E-state index contributed by atoms with van der Waals surface area (Å²) < 4.78 is 45.8. The van der Waals surface area contributed by atoms with E-state index >= 15 is 0 Å². The number of methoxy groups -OCH3 is 1. The first-order chi connectivity index (χ1) is 12.1. The van der Waals surface area contributed by atoms with Crippen LogP contribution in [0.15, 0.2) is 23.3 Å². The minimum atomic E-state index is -1.02. The summed E-state index contributed by atoms with van der Waals surface area (Å²) in [6.07, 6.45) is 2.58. The molecule has 5 nitrogen and oxygen atoms in total. The van der Waals surface area contributed by atoms with E-state index in [2.05, 4.69) is 4.99 Å². The maximum Gasteiger partial charge on any atom is 0.497 e. The second kappa shape index (κ2) is 7.86. The number of hydrogen-bond acceptors (Lipinski definition) is 5. The first-order valence-corrected chi connectivity index (χ1v) is 8.39. The SMILES string of the molecule is COCCN=C/C(=C\N)c1ccc(B2OC(C)(C)C(C)(C)O2)c(F)c1F. The summed E-state index contributed by atoms with van der Waals surface area (Å²) in [7, 11) is 0.572. The summed E-state index contributed by atoms with van der Waals surface area (Å²) in [5.74, 6) is -2.04. The van der Waals surface area contributed by atoms with Crippen molar-refractivity contribution in [3.05, 3.63) is 35.5 Å². The van der Waals surface area contributed by atoms with Gasteiger partial charge < -0.3 is 19.8 Å². The molecule has 1 saturated heterocycles. The molecule has 0 spiro atoms. The summed E-state index contributed by atoms with van der Waals surface area (Å²) in [5, 5.41) is 0. The van der Waals surface area contributed by atoms with Crippen LogP contribution in [0.3, 0.4) is 0 Å². The van der Waals surface area contributed by atoms with Gasteiger partial charge in [0.05, 0.1) is 24.4 Å². The Kier molecular flexibility index (Phi) is 6.21. The molecule has 1 heterocycles. The summed E-state index contributed by atoms with van der Waals surface area (Å²) in [6.45, 7) is 8.21. The van der Waals surface area contributed by atoms with Gasteiger partial charge in [0, 0.05) is 36.1 Å². The highest BCUT2D eigenvalue weighted by molar-refractivity contribution is 6.62. The van der Waals surface area contributed by atoms with Crippen molar-refractivity contribution in [2.24, 2.45) is 10.7 Å². The van der Waals surface area contributed by atoms with E-state index in [9.17, 15) is 8.78 Å². The van der Waals surface area contributed by atoms with E-state index in [-0.39, 0.29) is 16.6 Å². The van der Waals surface area contributed by atoms with Gasteiger partial charge in [0.2, 0.25) is 0 Å². The van der Waals surface area contributed by atoms with Gasteiger partial charge in [-0.3, -0.25) is 4.99 Å². The third kappa shape index (κ3) is 3.97. The molecule has 0 saturated carbocycles. The molecule has 0 amide bonds. The number of allylic oxidation sites excluding steroid dienone is 1. The minimum Gasteiger partial charge on any atom is -0.404 e. The van der Waals surface area contributed by atoms with Crippen molar-refractivity contribution in [3.63, 3.8) is 0 Å². The van der Waals surface area contributed by atoms with Gasteiger partial charge in [-0.2, -0.15) is 0 Å². The van der Waals surface area contributed by atoms with Crippen molar-refractivity contribution < 1.29 is 22.8 Å².